The van der Waals surface area contributed by atoms with Crippen molar-refractivity contribution >= 4 is 20.0 Å². The van der Waals surface area contributed by atoms with Gasteiger partial charge in [0.05, 0.1) is 15.8 Å². The summed E-state index contributed by atoms with van der Waals surface area (Å²) in [5, 5.41) is 0. The number of hydrogen-bond acceptors (Lipinski definition) is 4. The Morgan fingerprint density at radius 3 is 1.30 bits per heavy atom. The number of rotatable bonds is 6. The average Bonchev–Trinajstić information content (AvgIpc) is 2.69. The highest BCUT2D eigenvalue weighted by molar-refractivity contribution is 8.04. The maximum Gasteiger partial charge on any atom is 0.256 e. The Balaban J connectivity index is 2.22. The minimum absolute atomic E-state index is 0.0766. The van der Waals surface area contributed by atoms with Crippen molar-refractivity contribution in [1.82, 2.24) is 3.71 Å². The van der Waals surface area contributed by atoms with Gasteiger partial charge in [0.2, 0.25) is 0 Å². The van der Waals surface area contributed by atoms with Crippen molar-refractivity contribution in [1.29, 1.82) is 0 Å². The molecule has 1 atom stereocenters. The van der Waals surface area contributed by atoms with Gasteiger partial charge in [0.15, 0.2) is 0 Å². The molecule has 0 saturated heterocycles. The van der Waals surface area contributed by atoms with Gasteiger partial charge in [-0.25, -0.2) is 16.8 Å². The quantitative estimate of drug-likeness (QED) is 0.629. The molecule has 0 heterocycles. The van der Waals surface area contributed by atoms with Crippen molar-refractivity contribution < 1.29 is 16.8 Å². The maximum atomic E-state index is 13.3. The smallest absolute Gasteiger partial charge is 0.206 e. The zero-order chi connectivity index (χ0) is 19.5. The molecule has 0 saturated carbocycles. The Morgan fingerprint density at radius 2 is 0.926 bits per heavy atom. The second-order valence-corrected chi connectivity index (χ2v) is 9.81. The fourth-order valence-corrected chi connectivity index (χ4v) is 6.84. The monoisotopic (exact) mass is 401 g/mol. The Bertz CT molecular complexity index is 1030. The van der Waals surface area contributed by atoms with Gasteiger partial charge in [-0.3, -0.25) is 0 Å². The molecule has 0 aromatic heterocycles. The molecule has 27 heavy (non-hydrogen) atoms. The van der Waals surface area contributed by atoms with Crippen molar-refractivity contribution in [3.05, 3.63) is 96.6 Å². The largest absolute Gasteiger partial charge is 0.256 e. The Hall–Kier alpha value is -2.48. The van der Waals surface area contributed by atoms with Gasteiger partial charge in [0.25, 0.3) is 20.0 Å². The summed E-state index contributed by atoms with van der Waals surface area (Å²) in [6, 6.07) is 22.9. The first-order valence-corrected chi connectivity index (χ1v) is 11.2. The summed E-state index contributed by atoms with van der Waals surface area (Å²) >= 11 is 0. The van der Waals surface area contributed by atoms with E-state index in [2.05, 4.69) is 0 Å². The lowest BCUT2D eigenvalue weighted by Gasteiger charge is -2.28. The van der Waals surface area contributed by atoms with E-state index >= 15 is 0 Å². The first-order valence-electron chi connectivity index (χ1n) is 8.30. The molecule has 5 nitrogen and oxygen atoms in total. The van der Waals surface area contributed by atoms with E-state index in [1.165, 1.54) is 24.3 Å². The standard InChI is InChI=1S/C20H19NO4S2/c1-17(18-11-5-2-6-12-18)21(26(22,23)19-13-7-3-8-14-19)27(24,25)20-15-9-4-10-16-20/h2-17H,1H3. The van der Waals surface area contributed by atoms with Crippen LogP contribution in [0, 0.1) is 0 Å². The van der Waals surface area contributed by atoms with E-state index < -0.39 is 26.1 Å². The molecule has 3 aromatic carbocycles. The summed E-state index contributed by atoms with van der Waals surface area (Å²) in [5.41, 5.74) is 0.580. The van der Waals surface area contributed by atoms with E-state index in [1.54, 1.807) is 73.7 Å². The van der Waals surface area contributed by atoms with Crippen molar-refractivity contribution in [2.24, 2.45) is 0 Å². The van der Waals surface area contributed by atoms with E-state index in [-0.39, 0.29) is 9.79 Å². The van der Waals surface area contributed by atoms with Gasteiger partial charge in [0.1, 0.15) is 0 Å². The Kier molecular flexibility index (Phi) is 5.46. The fourth-order valence-electron chi connectivity index (χ4n) is 2.79. The summed E-state index contributed by atoms with van der Waals surface area (Å²) in [6.45, 7) is 1.57. The highest BCUT2D eigenvalue weighted by Crippen LogP contribution is 2.33. The van der Waals surface area contributed by atoms with E-state index in [1.807, 2.05) is 0 Å². The molecule has 0 bridgehead atoms. The van der Waals surface area contributed by atoms with E-state index in [0.717, 1.165) is 0 Å². The van der Waals surface area contributed by atoms with Crippen molar-refractivity contribution in [2.45, 2.75) is 22.8 Å². The molecule has 0 radical (unpaired) electrons. The second kappa shape index (κ2) is 7.64. The third-order valence-corrected chi connectivity index (χ3v) is 8.65. The molecule has 3 rings (SSSR count). The summed E-state index contributed by atoms with van der Waals surface area (Å²) in [6.07, 6.45) is 0. The van der Waals surface area contributed by atoms with Crippen LogP contribution in [0.5, 0.6) is 0 Å². The molecule has 0 N–H and O–H groups in total. The SMILES string of the molecule is CC(c1ccccc1)N(S(=O)(=O)c1ccccc1)S(=O)(=O)c1ccccc1. The molecule has 0 spiro atoms. The minimum Gasteiger partial charge on any atom is -0.206 e. The lowest BCUT2D eigenvalue weighted by atomic mass is 10.1. The summed E-state index contributed by atoms with van der Waals surface area (Å²) < 4.78 is 53.9. The maximum absolute atomic E-state index is 13.3. The average molecular weight is 402 g/mol. The minimum atomic E-state index is -4.31. The zero-order valence-corrected chi connectivity index (χ0v) is 16.3. The van der Waals surface area contributed by atoms with Crippen LogP contribution in [0.4, 0.5) is 0 Å². The van der Waals surface area contributed by atoms with Gasteiger partial charge in [-0.1, -0.05) is 70.4 Å². The molecule has 140 valence electrons. The summed E-state index contributed by atoms with van der Waals surface area (Å²) in [5.74, 6) is 0. The van der Waals surface area contributed by atoms with Crippen molar-refractivity contribution in [3.63, 3.8) is 0 Å². The van der Waals surface area contributed by atoms with Gasteiger partial charge >= 0.3 is 0 Å². The molecule has 3 aromatic rings. The van der Waals surface area contributed by atoms with Crippen LogP contribution < -0.4 is 0 Å². The zero-order valence-electron chi connectivity index (χ0n) is 14.6. The van der Waals surface area contributed by atoms with Crippen LogP contribution in [0.3, 0.4) is 0 Å². The van der Waals surface area contributed by atoms with Crippen LogP contribution in [-0.2, 0) is 20.0 Å². The van der Waals surface area contributed by atoms with E-state index in [0.29, 0.717) is 9.27 Å². The molecular weight excluding hydrogens is 382 g/mol. The molecule has 0 aliphatic rings. The first kappa shape index (κ1) is 19.3. The topological polar surface area (TPSA) is 71.5 Å². The lowest BCUT2D eigenvalue weighted by molar-refractivity contribution is 0.448. The lowest BCUT2D eigenvalue weighted by Crippen LogP contribution is -2.38. The third-order valence-electron chi connectivity index (χ3n) is 4.15. The van der Waals surface area contributed by atoms with Crippen LogP contribution >= 0.6 is 0 Å². The van der Waals surface area contributed by atoms with Gasteiger partial charge in [-0.2, -0.15) is 0 Å². The van der Waals surface area contributed by atoms with Gasteiger partial charge in [-0.15, -0.1) is 0 Å². The van der Waals surface area contributed by atoms with E-state index in [9.17, 15) is 16.8 Å². The molecule has 1 unspecified atom stereocenters. The number of hydrogen-bond donors (Lipinski definition) is 0. The van der Waals surface area contributed by atoms with Crippen LogP contribution in [0.1, 0.15) is 18.5 Å². The van der Waals surface area contributed by atoms with Crippen LogP contribution in [0.2, 0.25) is 0 Å². The predicted molar refractivity (Wildman–Crippen MR) is 104 cm³/mol. The molecule has 7 heteroatoms. The fraction of sp³-hybridized carbons (Fsp3) is 0.100. The van der Waals surface area contributed by atoms with Crippen LogP contribution in [-0.4, -0.2) is 20.5 Å². The van der Waals surface area contributed by atoms with Crippen LogP contribution in [0.25, 0.3) is 0 Å². The second-order valence-electron chi connectivity index (χ2n) is 5.95. The molecular formula is C20H19NO4S2. The summed E-state index contributed by atoms with van der Waals surface area (Å²) in [4.78, 5) is -0.153. The van der Waals surface area contributed by atoms with E-state index in [4.69, 9.17) is 0 Å². The number of sulfonamides is 2. The normalized spacial score (nSPS) is 13.4. The van der Waals surface area contributed by atoms with Crippen molar-refractivity contribution in [3.8, 4) is 0 Å². The summed E-state index contributed by atoms with van der Waals surface area (Å²) in [7, 11) is -8.62. The highest BCUT2D eigenvalue weighted by atomic mass is 32.3. The number of nitrogens with zero attached hydrogens (tertiary/aromatic N) is 1. The number of benzene rings is 3. The molecule has 0 fully saturated rings. The third kappa shape index (κ3) is 3.80. The predicted octanol–water partition coefficient (Wildman–Crippen LogP) is 3.83. The van der Waals surface area contributed by atoms with Gasteiger partial charge in [-0.05, 0) is 36.8 Å². The first-order chi connectivity index (χ1) is 12.8. The highest BCUT2D eigenvalue weighted by Gasteiger charge is 2.40. The Morgan fingerprint density at radius 1 is 0.593 bits per heavy atom. The molecule has 0 aliphatic heterocycles. The Labute approximate surface area is 160 Å². The van der Waals surface area contributed by atoms with Crippen LogP contribution in [0.15, 0.2) is 101 Å². The van der Waals surface area contributed by atoms with Gasteiger partial charge < -0.3 is 0 Å². The molecule has 0 aliphatic carbocycles. The molecule has 0 amide bonds. The van der Waals surface area contributed by atoms with Gasteiger partial charge in [0, 0.05) is 0 Å². The van der Waals surface area contributed by atoms with Crippen molar-refractivity contribution in [2.75, 3.05) is 0 Å².